The van der Waals surface area contributed by atoms with Gasteiger partial charge in [-0.2, -0.15) is 9.97 Å². The number of hydrogen-bond donors (Lipinski definition) is 2. The summed E-state index contributed by atoms with van der Waals surface area (Å²) in [6.07, 6.45) is 5.91. The van der Waals surface area contributed by atoms with Crippen LogP contribution >= 0.6 is 0 Å². The highest BCUT2D eigenvalue weighted by Crippen LogP contribution is 2.37. The Bertz CT molecular complexity index is 1090. The molecule has 2 aliphatic rings. The van der Waals surface area contributed by atoms with Crippen molar-refractivity contribution in [2.45, 2.75) is 6.42 Å². The molecule has 0 atom stereocenters. The number of pyridine rings is 1. The van der Waals surface area contributed by atoms with E-state index in [2.05, 4.69) is 15.2 Å². The number of fused-ring (bicyclic) bond motifs is 1. The van der Waals surface area contributed by atoms with Crippen LogP contribution in [0, 0.1) is 0 Å². The number of aromatic nitrogens is 3. The zero-order valence-electron chi connectivity index (χ0n) is 17.6. The smallest absolute Gasteiger partial charge is 0.230 e. The summed E-state index contributed by atoms with van der Waals surface area (Å²) in [6.45, 7) is 3.44. The molecule has 1 fully saturated rings. The van der Waals surface area contributed by atoms with E-state index in [1.54, 1.807) is 18.6 Å². The number of nitrogens with one attached hydrogen (secondary N) is 1. The molecule has 164 valence electrons. The zero-order chi connectivity index (χ0) is 21.8. The minimum absolute atomic E-state index is 0.538. The number of nitrogens with zero attached hydrogens (tertiary/aromatic N) is 5. The fraction of sp³-hybridized carbons (Fsp3) is 0.261. The summed E-state index contributed by atoms with van der Waals surface area (Å²) in [5.41, 5.74) is 8.35. The average molecular weight is 432 g/mol. The average Bonchev–Trinajstić information content (AvgIpc) is 3.29. The molecule has 2 aromatic heterocycles. The maximum Gasteiger partial charge on any atom is 0.230 e. The first-order valence-corrected chi connectivity index (χ1v) is 10.6. The lowest BCUT2D eigenvalue weighted by Crippen LogP contribution is -2.37. The first-order valence-electron chi connectivity index (χ1n) is 10.6. The number of ether oxygens (including phenoxy) is 2. The van der Waals surface area contributed by atoms with Crippen molar-refractivity contribution in [3.8, 4) is 11.6 Å². The van der Waals surface area contributed by atoms with Gasteiger partial charge >= 0.3 is 0 Å². The maximum atomic E-state index is 6.45. The van der Waals surface area contributed by atoms with Crippen LogP contribution in [0.1, 0.15) is 5.56 Å². The van der Waals surface area contributed by atoms with Crippen molar-refractivity contribution in [2.24, 2.45) is 5.73 Å². The summed E-state index contributed by atoms with van der Waals surface area (Å²) in [5, 5.41) is 3.25. The van der Waals surface area contributed by atoms with Crippen LogP contribution in [-0.4, -0.2) is 47.8 Å². The third kappa shape index (κ3) is 4.28. The van der Waals surface area contributed by atoms with E-state index in [4.69, 9.17) is 25.2 Å². The molecule has 9 nitrogen and oxygen atoms in total. The number of benzene rings is 1. The van der Waals surface area contributed by atoms with Gasteiger partial charge in [-0.3, -0.25) is 4.98 Å². The van der Waals surface area contributed by atoms with E-state index in [-0.39, 0.29) is 0 Å². The van der Waals surface area contributed by atoms with Crippen LogP contribution in [0.15, 0.2) is 66.9 Å². The molecule has 9 heteroatoms. The lowest BCUT2D eigenvalue weighted by atomic mass is 10.2. The van der Waals surface area contributed by atoms with E-state index < -0.39 is 0 Å². The van der Waals surface area contributed by atoms with Crippen LogP contribution in [0.5, 0.6) is 11.6 Å². The van der Waals surface area contributed by atoms with Gasteiger partial charge in [0.1, 0.15) is 17.4 Å². The minimum Gasteiger partial charge on any atom is -0.437 e. The molecule has 0 unspecified atom stereocenters. The molecule has 32 heavy (non-hydrogen) atoms. The molecule has 5 rings (SSSR count). The molecule has 2 aliphatic heterocycles. The van der Waals surface area contributed by atoms with Crippen molar-refractivity contribution in [3.63, 3.8) is 0 Å². The number of hydrogen-bond acceptors (Lipinski definition) is 9. The first kappa shape index (κ1) is 20.1. The summed E-state index contributed by atoms with van der Waals surface area (Å²) in [5.74, 6) is 3.13. The Labute approximate surface area is 186 Å². The molecule has 3 aromatic rings. The Morgan fingerprint density at radius 1 is 1.06 bits per heavy atom. The number of anilines is 3. The van der Waals surface area contributed by atoms with E-state index in [0.717, 1.165) is 36.6 Å². The predicted octanol–water partition coefficient (Wildman–Crippen LogP) is 2.73. The van der Waals surface area contributed by atoms with Crippen molar-refractivity contribution < 1.29 is 9.47 Å². The van der Waals surface area contributed by atoms with Crippen LogP contribution in [0.3, 0.4) is 0 Å². The van der Waals surface area contributed by atoms with Crippen molar-refractivity contribution in [3.05, 3.63) is 72.4 Å². The second kappa shape index (κ2) is 9.11. The van der Waals surface area contributed by atoms with Gasteiger partial charge in [0, 0.05) is 37.7 Å². The van der Waals surface area contributed by atoms with Crippen molar-refractivity contribution >= 4 is 17.5 Å². The van der Waals surface area contributed by atoms with E-state index >= 15 is 0 Å². The highest BCUT2D eigenvalue weighted by Gasteiger charge is 2.30. The van der Waals surface area contributed by atoms with E-state index in [1.807, 2.05) is 47.4 Å². The number of para-hydroxylation sites is 1. The number of nitrogens with two attached hydrogens (primary N) is 1. The van der Waals surface area contributed by atoms with Crippen molar-refractivity contribution in [1.29, 1.82) is 0 Å². The van der Waals surface area contributed by atoms with Crippen LogP contribution in [0.25, 0.3) is 0 Å². The fourth-order valence-corrected chi connectivity index (χ4v) is 3.74. The molecule has 0 saturated carbocycles. The monoisotopic (exact) mass is 431 g/mol. The third-order valence-electron chi connectivity index (χ3n) is 5.39. The van der Waals surface area contributed by atoms with Gasteiger partial charge in [0.15, 0.2) is 0 Å². The van der Waals surface area contributed by atoms with Gasteiger partial charge in [0.05, 0.1) is 25.0 Å². The molecular weight excluding hydrogens is 406 g/mol. The maximum absolute atomic E-state index is 6.45. The number of rotatable bonds is 6. The van der Waals surface area contributed by atoms with Gasteiger partial charge in [-0.15, -0.1) is 0 Å². The molecular formula is C23H25N7O2. The lowest BCUT2D eigenvalue weighted by molar-refractivity contribution is 0.122. The highest BCUT2D eigenvalue weighted by molar-refractivity contribution is 5.63. The topological polar surface area (TPSA) is 102 Å². The molecule has 0 bridgehead atoms. The van der Waals surface area contributed by atoms with E-state index in [0.29, 0.717) is 43.2 Å². The van der Waals surface area contributed by atoms with Gasteiger partial charge in [0.25, 0.3) is 0 Å². The molecule has 4 heterocycles. The van der Waals surface area contributed by atoms with Crippen LogP contribution in [-0.2, 0) is 11.2 Å². The Kier molecular flexibility index (Phi) is 5.71. The summed E-state index contributed by atoms with van der Waals surface area (Å²) in [6, 6.07) is 13.6. The normalized spacial score (nSPS) is 16.1. The van der Waals surface area contributed by atoms with Gasteiger partial charge in [-0.25, -0.2) is 0 Å². The third-order valence-corrected chi connectivity index (χ3v) is 5.39. The summed E-state index contributed by atoms with van der Waals surface area (Å²) < 4.78 is 11.6. The second-order valence-electron chi connectivity index (χ2n) is 7.50. The minimum atomic E-state index is 0.538. The Hall–Kier alpha value is -3.85. The second-order valence-corrected chi connectivity index (χ2v) is 7.50. The Morgan fingerprint density at radius 3 is 2.69 bits per heavy atom. The quantitative estimate of drug-likeness (QED) is 0.610. The van der Waals surface area contributed by atoms with Gasteiger partial charge in [-0.1, -0.05) is 18.2 Å². The fourth-order valence-electron chi connectivity index (χ4n) is 3.74. The van der Waals surface area contributed by atoms with E-state index in [1.165, 1.54) is 0 Å². The largest absolute Gasteiger partial charge is 0.437 e. The molecule has 0 spiro atoms. The highest BCUT2D eigenvalue weighted by atomic mass is 16.5. The number of morpholine rings is 1. The molecule has 0 radical (unpaired) electrons. The summed E-state index contributed by atoms with van der Waals surface area (Å²) in [4.78, 5) is 17.9. The predicted molar refractivity (Wildman–Crippen MR) is 123 cm³/mol. The molecule has 1 aromatic carbocycles. The van der Waals surface area contributed by atoms with Gasteiger partial charge in [-0.05, 0) is 30.7 Å². The Morgan fingerprint density at radius 2 is 1.91 bits per heavy atom. The van der Waals surface area contributed by atoms with Crippen LogP contribution in [0.2, 0.25) is 0 Å². The van der Waals surface area contributed by atoms with Gasteiger partial charge in [0.2, 0.25) is 11.8 Å². The van der Waals surface area contributed by atoms with Crippen LogP contribution < -0.4 is 25.6 Å². The van der Waals surface area contributed by atoms with Crippen LogP contribution in [0.4, 0.5) is 17.5 Å². The molecule has 0 aliphatic carbocycles. The van der Waals surface area contributed by atoms with Crippen molar-refractivity contribution in [2.75, 3.05) is 48.0 Å². The summed E-state index contributed by atoms with van der Waals surface area (Å²) in [7, 11) is 0. The Balaban J connectivity index is 1.47. The van der Waals surface area contributed by atoms with Crippen molar-refractivity contribution in [1.82, 2.24) is 15.0 Å². The standard InChI is InChI=1S/C23H25N7O2/c24-20(16-26-17-5-2-1-3-6-17)30-10-8-19-21(30)27-23(29-11-13-31-14-12-29)28-22(19)32-18-7-4-9-25-15-18/h1-7,9,15-16,26H,8,10-14,24H2/b20-16+. The molecule has 1 saturated heterocycles. The zero-order valence-corrected chi connectivity index (χ0v) is 17.6. The first-order chi connectivity index (χ1) is 15.8. The SMILES string of the molecule is N/C(=C\Nc1ccccc1)N1CCc2c(Oc3cccnc3)nc(N3CCOCC3)nc21. The van der Waals surface area contributed by atoms with Gasteiger partial charge < -0.3 is 30.3 Å². The lowest BCUT2D eigenvalue weighted by Gasteiger charge is -2.28. The van der Waals surface area contributed by atoms with E-state index in [9.17, 15) is 0 Å². The summed E-state index contributed by atoms with van der Waals surface area (Å²) >= 11 is 0. The molecule has 0 amide bonds. The molecule has 3 N–H and O–H groups in total.